The molecule has 5 nitrogen and oxygen atoms in total. The molecule has 17 heavy (non-hydrogen) atoms. The first-order valence-electron chi connectivity index (χ1n) is 5.39. The van der Waals surface area contributed by atoms with Crippen molar-refractivity contribution < 1.29 is 9.32 Å². The van der Waals surface area contributed by atoms with Crippen molar-refractivity contribution in [1.29, 1.82) is 0 Å². The molecule has 0 saturated carbocycles. The maximum Gasteiger partial charge on any atom is 0.223 e. The van der Waals surface area contributed by atoms with Gasteiger partial charge in [0.2, 0.25) is 12.3 Å². The van der Waals surface area contributed by atoms with Gasteiger partial charge >= 0.3 is 0 Å². The van der Waals surface area contributed by atoms with Gasteiger partial charge < -0.3 is 9.42 Å². The predicted molar refractivity (Wildman–Crippen MR) is 61.4 cm³/mol. The van der Waals surface area contributed by atoms with Gasteiger partial charge in [-0.15, -0.1) is 11.3 Å². The van der Waals surface area contributed by atoms with Gasteiger partial charge in [0, 0.05) is 23.8 Å². The minimum Gasteiger partial charge on any atom is -0.343 e. The molecule has 2 aromatic heterocycles. The molecule has 2 aromatic rings. The fourth-order valence-electron chi connectivity index (χ4n) is 2.05. The summed E-state index contributed by atoms with van der Waals surface area (Å²) >= 11 is 1.67. The lowest BCUT2D eigenvalue weighted by atomic mass is 10.1. The third-order valence-corrected chi connectivity index (χ3v) is 3.75. The summed E-state index contributed by atoms with van der Waals surface area (Å²) in [5.74, 6) is 0.862. The Balaban J connectivity index is 1.70. The summed E-state index contributed by atoms with van der Waals surface area (Å²) in [6.07, 6.45) is 1.78. The average molecular weight is 249 g/mol. The van der Waals surface area contributed by atoms with Crippen molar-refractivity contribution in [2.45, 2.75) is 18.9 Å². The number of carbonyl (C=O) groups is 1. The fraction of sp³-hybridized carbons (Fsp3) is 0.364. The number of rotatable bonds is 3. The summed E-state index contributed by atoms with van der Waals surface area (Å²) in [7, 11) is 0. The summed E-state index contributed by atoms with van der Waals surface area (Å²) in [5, 5.41) is 5.82. The van der Waals surface area contributed by atoms with Crippen LogP contribution in [0.1, 0.15) is 23.0 Å². The molecular formula is C11H11N3O2S. The topological polar surface area (TPSA) is 59.2 Å². The van der Waals surface area contributed by atoms with Crippen molar-refractivity contribution in [3.05, 3.63) is 34.6 Å². The highest BCUT2D eigenvalue weighted by molar-refractivity contribution is 7.09. The quantitative estimate of drug-likeness (QED) is 0.829. The third-order valence-electron chi connectivity index (χ3n) is 2.88. The SMILES string of the molecule is O=C1CC(c2ncon2)CN1Cc1cccs1. The van der Waals surface area contributed by atoms with E-state index in [1.54, 1.807) is 11.3 Å². The molecule has 0 aromatic carbocycles. The molecule has 3 heterocycles. The number of thiophene rings is 1. The monoisotopic (exact) mass is 249 g/mol. The van der Waals surface area contributed by atoms with Crippen LogP contribution < -0.4 is 0 Å². The molecular weight excluding hydrogens is 238 g/mol. The van der Waals surface area contributed by atoms with Crippen molar-refractivity contribution in [1.82, 2.24) is 15.0 Å². The molecule has 0 spiro atoms. The Bertz CT molecular complexity index is 495. The van der Waals surface area contributed by atoms with E-state index in [2.05, 4.69) is 10.1 Å². The Morgan fingerprint density at radius 2 is 2.53 bits per heavy atom. The van der Waals surface area contributed by atoms with Crippen LogP contribution in [-0.2, 0) is 11.3 Å². The van der Waals surface area contributed by atoms with E-state index in [0.717, 1.165) is 0 Å². The molecule has 88 valence electrons. The largest absolute Gasteiger partial charge is 0.343 e. The van der Waals surface area contributed by atoms with Crippen LogP contribution in [0.3, 0.4) is 0 Å². The van der Waals surface area contributed by atoms with Crippen LogP contribution in [0.5, 0.6) is 0 Å². The number of carbonyl (C=O) groups excluding carboxylic acids is 1. The molecule has 0 radical (unpaired) electrons. The fourth-order valence-corrected chi connectivity index (χ4v) is 2.77. The van der Waals surface area contributed by atoms with Crippen molar-refractivity contribution in [2.24, 2.45) is 0 Å². The standard InChI is InChI=1S/C11H11N3O2S/c15-10-4-8(11-12-7-16-13-11)5-14(10)6-9-2-1-3-17-9/h1-3,7-8H,4-6H2. The first-order valence-corrected chi connectivity index (χ1v) is 6.27. The van der Waals surface area contributed by atoms with E-state index in [9.17, 15) is 4.79 Å². The van der Waals surface area contributed by atoms with Crippen molar-refractivity contribution in [2.75, 3.05) is 6.54 Å². The van der Waals surface area contributed by atoms with E-state index in [1.807, 2.05) is 22.4 Å². The molecule has 1 saturated heterocycles. The minimum absolute atomic E-state index is 0.0706. The smallest absolute Gasteiger partial charge is 0.223 e. The number of hydrogen-bond donors (Lipinski definition) is 0. The minimum atomic E-state index is 0.0706. The van der Waals surface area contributed by atoms with Crippen LogP contribution in [-0.4, -0.2) is 27.5 Å². The summed E-state index contributed by atoms with van der Waals surface area (Å²) in [6.45, 7) is 1.36. The second-order valence-corrected chi connectivity index (χ2v) is 5.08. The molecule has 1 atom stereocenters. The Morgan fingerprint density at radius 3 is 3.24 bits per heavy atom. The molecule has 1 unspecified atom stereocenters. The van der Waals surface area contributed by atoms with Gasteiger partial charge in [-0.2, -0.15) is 4.98 Å². The zero-order valence-electron chi connectivity index (χ0n) is 9.07. The maximum atomic E-state index is 11.9. The van der Waals surface area contributed by atoms with E-state index in [1.165, 1.54) is 11.3 Å². The van der Waals surface area contributed by atoms with E-state index in [0.29, 0.717) is 25.3 Å². The zero-order chi connectivity index (χ0) is 11.7. The van der Waals surface area contributed by atoms with Crippen LogP contribution in [0, 0.1) is 0 Å². The lowest BCUT2D eigenvalue weighted by Crippen LogP contribution is -2.23. The van der Waals surface area contributed by atoms with Crippen LogP contribution in [0.4, 0.5) is 0 Å². The number of amides is 1. The van der Waals surface area contributed by atoms with Gasteiger partial charge in [0.05, 0.1) is 6.54 Å². The van der Waals surface area contributed by atoms with Gasteiger partial charge in [-0.25, -0.2) is 0 Å². The first kappa shape index (κ1) is 10.5. The maximum absolute atomic E-state index is 11.9. The molecule has 3 rings (SSSR count). The van der Waals surface area contributed by atoms with E-state index in [-0.39, 0.29) is 11.8 Å². The van der Waals surface area contributed by atoms with Crippen LogP contribution >= 0.6 is 11.3 Å². The van der Waals surface area contributed by atoms with Gasteiger partial charge in [-0.1, -0.05) is 11.2 Å². The Morgan fingerprint density at radius 1 is 1.59 bits per heavy atom. The molecule has 0 aliphatic carbocycles. The molecule has 1 fully saturated rings. The summed E-state index contributed by atoms with van der Waals surface area (Å²) in [5.41, 5.74) is 0. The molecule has 1 aliphatic heterocycles. The van der Waals surface area contributed by atoms with Crippen LogP contribution in [0.15, 0.2) is 28.4 Å². The summed E-state index contributed by atoms with van der Waals surface area (Å²) in [4.78, 5) is 18.9. The van der Waals surface area contributed by atoms with Crippen molar-refractivity contribution in [3.63, 3.8) is 0 Å². The van der Waals surface area contributed by atoms with Gasteiger partial charge in [-0.3, -0.25) is 4.79 Å². The molecule has 6 heteroatoms. The van der Waals surface area contributed by atoms with Gasteiger partial charge in [-0.05, 0) is 11.4 Å². The lowest BCUT2D eigenvalue weighted by Gasteiger charge is -2.14. The Hall–Kier alpha value is -1.69. The lowest BCUT2D eigenvalue weighted by molar-refractivity contribution is -0.128. The molecule has 0 N–H and O–H groups in total. The van der Waals surface area contributed by atoms with Gasteiger partial charge in [0.25, 0.3) is 0 Å². The summed E-state index contributed by atoms with van der Waals surface area (Å²) < 4.78 is 4.71. The first-order chi connectivity index (χ1) is 8.33. The normalized spacial score (nSPS) is 20.1. The van der Waals surface area contributed by atoms with Gasteiger partial charge in [0.15, 0.2) is 5.82 Å². The zero-order valence-corrected chi connectivity index (χ0v) is 9.89. The highest BCUT2D eigenvalue weighted by Gasteiger charge is 2.33. The van der Waals surface area contributed by atoms with Crippen LogP contribution in [0.2, 0.25) is 0 Å². The number of nitrogens with zero attached hydrogens (tertiary/aromatic N) is 3. The Kier molecular flexibility index (Phi) is 2.64. The number of aromatic nitrogens is 2. The molecule has 1 amide bonds. The second-order valence-electron chi connectivity index (χ2n) is 4.04. The Labute approximate surface area is 102 Å². The van der Waals surface area contributed by atoms with Crippen molar-refractivity contribution in [3.8, 4) is 0 Å². The van der Waals surface area contributed by atoms with Gasteiger partial charge in [0.1, 0.15) is 0 Å². The number of hydrogen-bond acceptors (Lipinski definition) is 5. The second kappa shape index (κ2) is 4.29. The molecule has 1 aliphatic rings. The van der Waals surface area contributed by atoms with Crippen LogP contribution in [0.25, 0.3) is 0 Å². The highest BCUT2D eigenvalue weighted by atomic mass is 32.1. The third kappa shape index (κ3) is 2.08. The summed E-state index contributed by atoms with van der Waals surface area (Å²) in [6, 6.07) is 4.04. The average Bonchev–Trinajstić information content (AvgIpc) is 3.02. The van der Waals surface area contributed by atoms with E-state index < -0.39 is 0 Å². The highest BCUT2D eigenvalue weighted by Crippen LogP contribution is 2.27. The molecule has 0 bridgehead atoms. The predicted octanol–water partition coefficient (Wildman–Crippen LogP) is 1.65. The van der Waals surface area contributed by atoms with E-state index in [4.69, 9.17) is 4.52 Å². The number of likely N-dealkylation sites (tertiary alicyclic amines) is 1. The van der Waals surface area contributed by atoms with Crippen molar-refractivity contribution >= 4 is 17.2 Å². The van der Waals surface area contributed by atoms with E-state index >= 15 is 0 Å².